The number of aromatic nitrogens is 2. The molecule has 234 valence electrons. The van der Waals surface area contributed by atoms with Gasteiger partial charge in [-0.3, -0.25) is 14.6 Å². The lowest BCUT2D eigenvalue weighted by Crippen LogP contribution is -2.76. The van der Waals surface area contributed by atoms with Gasteiger partial charge < -0.3 is 20.2 Å². The Kier molecular flexibility index (Phi) is 9.02. The molecule has 0 radical (unpaired) electrons. The number of rotatable bonds is 9. The summed E-state index contributed by atoms with van der Waals surface area (Å²) in [6.07, 6.45) is 2.77. The summed E-state index contributed by atoms with van der Waals surface area (Å²) in [7, 11) is 0. The first-order valence-corrected chi connectivity index (χ1v) is 15.1. The van der Waals surface area contributed by atoms with Gasteiger partial charge in [0.25, 0.3) is 0 Å². The van der Waals surface area contributed by atoms with Crippen LogP contribution in [0.1, 0.15) is 16.8 Å². The second-order valence-corrected chi connectivity index (χ2v) is 11.2. The van der Waals surface area contributed by atoms with Gasteiger partial charge >= 0.3 is 6.03 Å². The van der Waals surface area contributed by atoms with Crippen LogP contribution >= 0.6 is 0 Å². The van der Waals surface area contributed by atoms with Gasteiger partial charge in [-0.15, -0.1) is 6.58 Å². The number of hydrogen-bond acceptors (Lipinski definition) is 7. The Hall–Kier alpha value is -5.55. The van der Waals surface area contributed by atoms with Crippen LogP contribution in [0.3, 0.4) is 0 Å². The number of amides is 4. The van der Waals surface area contributed by atoms with E-state index in [2.05, 4.69) is 16.9 Å². The van der Waals surface area contributed by atoms with Crippen molar-refractivity contribution >= 4 is 17.8 Å². The van der Waals surface area contributed by atoms with E-state index in [-0.39, 0.29) is 56.2 Å². The number of carbonyl (C=O) groups excluding carboxylic acids is 3. The highest BCUT2D eigenvalue weighted by atomic mass is 16.3. The van der Waals surface area contributed by atoms with Crippen molar-refractivity contribution in [3.8, 4) is 17.1 Å². The minimum Gasteiger partial charge on any atom is -0.508 e. The summed E-state index contributed by atoms with van der Waals surface area (Å²) in [5.74, 6) is -0.400. The van der Waals surface area contributed by atoms with Crippen LogP contribution in [0.4, 0.5) is 4.79 Å². The van der Waals surface area contributed by atoms with Crippen molar-refractivity contribution < 1.29 is 19.5 Å². The number of nitrogens with one attached hydrogen (secondary N) is 1. The van der Waals surface area contributed by atoms with Crippen molar-refractivity contribution in [1.82, 2.24) is 35.1 Å². The molecule has 2 aromatic heterocycles. The summed E-state index contributed by atoms with van der Waals surface area (Å²) in [5, 5.41) is 16.1. The van der Waals surface area contributed by atoms with E-state index in [9.17, 15) is 19.5 Å². The normalized spacial score (nSPS) is 18.3. The summed E-state index contributed by atoms with van der Waals surface area (Å²) in [6, 6.07) is 26.1. The summed E-state index contributed by atoms with van der Waals surface area (Å²) in [5.41, 5.74) is 3.74. The molecule has 4 aromatic rings. The Morgan fingerprint density at radius 3 is 2.43 bits per heavy atom. The van der Waals surface area contributed by atoms with Gasteiger partial charge in [-0.1, -0.05) is 60.7 Å². The maximum absolute atomic E-state index is 14.2. The summed E-state index contributed by atoms with van der Waals surface area (Å²) >= 11 is 0. The second-order valence-electron chi connectivity index (χ2n) is 11.2. The molecule has 0 aliphatic carbocycles. The van der Waals surface area contributed by atoms with E-state index in [1.165, 1.54) is 0 Å². The average molecular weight is 618 g/mol. The molecule has 2 N–H and O–H groups in total. The van der Waals surface area contributed by atoms with Crippen LogP contribution in [0, 0.1) is 0 Å². The first-order chi connectivity index (χ1) is 22.4. The zero-order chi connectivity index (χ0) is 32.0. The minimum atomic E-state index is -0.884. The fraction of sp³-hybridized carbons (Fsp3) is 0.229. The fourth-order valence-electron chi connectivity index (χ4n) is 5.97. The van der Waals surface area contributed by atoms with Crippen molar-refractivity contribution in [3.63, 3.8) is 0 Å². The van der Waals surface area contributed by atoms with Crippen molar-refractivity contribution in [1.29, 1.82) is 0 Å². The number of urea groups is 1. The number of fused-ring (bicyclic) bond motifs is 1. The number of hydrazine groups is 1. The third-order valence-corrected chi connectivity index (χ3v) is 8.12. The lowest BCUT2D eigenvalue weighted by molar-refractivity contribution is -0.189. The fourth-order valence-corrected chi connectivity index (χ4v) is 5.97. The van der Waals surface area contributed by atoms with Gasteiger partial charge in [0, 0.05) is 25.7 Å². The Balaban J connectivity index is 1.34. The maximum atomic E-state index is 14.2. The average Bonchev–Trinajstić information content (AvgIpc) is 3.07. The van der Waals surface area contributed by atoms with E-state index in [0.29, 0.717) is 23.6 Å². The number of hydrogen-bond donors (Lipinski definition) is 2. The highest BCUT2D eigenvalue weighted by Gasteiger charge is 2.51. The maximum Gasteiger partial charge on any atom is 0.334 e. The molecule has 2 aromatic carbocycles. The van der Waals surface area contributed by atoms with Crippen LogP contribution in [0.2, 0.25) is 0 Å². The number of carbonyl (C=O) groups is 3. The molecule has 0 spiro atoms. The van der Waals surface area contributed by atoms with Crippen LogP contribution < -0.4 is 5.32 Å². The summed E-state index contributed by atoms with van der Waals surface area (Å²) in [6.45, 7) is 4.56. The quantitative estimate of drug-likeness (QED) is 0.275. The van der Waals surface area contributed by atoms with E-state index in [0.717, 1.165) is 11.1 Å². The van der Waals surface area contributed by atoms with E-state index < -0.39 is 12.2 Å². The molecular weight excluding hydrogens is 582 g/mol. The largest absolute Gasteiger partial charge is 0.508 e. The van der Waals surface area contributed by atoms with E-state index in [4.69, 9.17) is 4.98 Å². The van der Waals surface area contributed by atoms with Crippen LogP contribution in [-0.4, -0.2) is 84.6 Å². The summed E-state index contributed by atoms with van der Waals surface area (Å²) in [4.78, 5) is 54.4. The number of phenolic OH excluding ortho intramolecular Hbond substituents is 1. The predicted molar refractivity (Wildman–Crippen MR) is 171 cm³/mol. The lowest BCUT2D eigenvalue weighted by Gasteiger charge is -2.55. The molecule has 0 bridgehead atoms. The molecule has 2 atom stereocenters. The first-order valence-electron chi connectivity index (χ1n) is 15.1. The summed E-state index contributed by atoms with van der Waals surface area (Å²) < 4.78 is 0. The number of aromatic hydroxyl groups is 1. The second kappa shape index (κ2) is 13.6. The van der Waals surface area contributed by atoms with Gasteiger partial charge in [-0.25, -0.2) is 19.8 Å². The van der Waals surface area contributed by atoms with Crippen LogP contribution in [0.15, 0.2) is 110 Å². The number of pyridine rings is 2. The molecule has 0 unspecified atom stereocenters. The predicted octanol–water partition coefficient (Wildman–Crippen LogP) is 3.59. The molecule has 2 aliphatic heterocycles. The molecule has 6 rings (SSSR count). The zero-order valence-corrected chi connectivity index (χ0v) is 25.3. The van der Waals surface area contributed by atoms with Crippen LogP contribution in [0.25, 0.3) is 11.4 Å². The van der Waals surface area contributed by atoms with E-state index in [1.807, 2.05) is 66.7 Å². The van der Waals surface area contributed by atoms with Gasteiger partial charge in [0.1, 0.15) is 18.0 Å². The molecule has 11 nitrogen and oxygen atoms in total. The Morgan fingerprint density at radius 2 is 1.70 bits per heavy atom. The third-order valence-electron chi connectivity index (χ3n) is 8.12. The Bertz CT molecular complexity index is 1700. The molecule has 4 heterocycles. The standard InChI is InChI=1S/C35H35N7O4/c1-2-19-40-24-33(44)41-31(20-25-14-16-28(43)17-15-25)34(45)39(22-27-11-8-13-30(38-27)29-12-6-7-18-36-29)23-32(41)42(40)35(46)37-21-26-9-4-3-5-10-26/h2-18,31-32,43H,1,19-24H2,(H,37,46)/t31-,32-/m0/s1. The monoisotopic (exact) mass is 617 g/mol. The molecule has 2 fully saturated rings. The van der Waals surface area contributed by atoms with Gasteiger partial charge in [-0.05, 0) is 47.5 Å². The molecule has 4 amide bonds. The lowest BCUT2D eigenvalue weighted by atomic mass is 9.98. The highest BCUT2D eigenvalue weighted by Crippen LogP contribution is 2.30. The molecule has 0 saturated carbocycles. The topological polar surface area (TPSA) is 122 Å². The number of benzene rings is 2. The third kappa shape index (κ3) is 6.59. The van der Waals surface area contributed by atoms with Gasteiger partial charge in [0.15, 0.2) is 0 Å². The van der Waals surface area contributed by atoms with Crippen molar-refractivity contribution in [2.24, 2.45) is 0 Å². The van der Waals surface area contributed by atoms with Crippen LogP contribution in [0.5, 0.6) is 5.75 Å². The van der Waals surface area contributed by atoms with Crippen LogP contribution in [-0.2, 0) is 29.1 Å². The zero-order valence-electron chi connectivity index (χ0n) is 25.3. The minimum absolute atomic E-state index is 0.0819. The Labute approximate surface area is 267 Å². The smallest absolute Gasteiger partial charge is 0.334 e. The molecule has 2 aliphatic rings. The first kappa shape index (κ1) is 30.5. The van der Waals surface area contributed by atoms with Crippen molar-refractivity contribution in [2.45, 2.75) is 31.7 Å². The number of piperazine rings is 1. The van der Waals surface area contributed by atoms with E-state index >= 15 is 0 Å². The molecular formula is C35H35N7O4. The van der Waals surface area contributed by atoms with Gasteiger partial charge in [0.2, 0.25) is 11.8 Å². The van der Waals surface area contributed by atoms with Crippen molar-refractivity contribution in [2.75, 3.05) is 19.6 Å². The Morgan fingerprint density at radius 1 is 0.935 bits per heavy atom. The van der Waals surface area contributed by atoms with Crippen molar-refractivity contribution in [3.05, 3.63) is 127 Å². The number of nitrogens with zero attached hydrogens (tertiary/aromatic N) is 6. The molecule has 2 saturated heterocycles. The van der Waals surface area contributed by atoms with Gasteiger partial charge in [0.05, 0.1) is 36.7 Å². The molecule has 11 heteroatoms. The van der Waals surface area contributed by atoms with E-state index in [1.54, 1.807) is 56.4 Å². The highest BCUT2D eigenvalue weighted by molar-refractivity contribution is 5.91. The molecule has 46 heavy (non-hydrogen) atoms. The SMILES string of the molecule is C=CCN1CC(=O)N2[C@@H](Cc3ccc(O)cc3)C(=O)N(Cc3cccc(-c4ccccn4)n3)C[C@@H]2N1C(=O)NCc1ccccc1. The number of phenols is 1. The van der Waals surface area contributed by atoms with Gasteiger partial charge in [-0.2, -0.15) is 0 Å².